The minimum atomic E-state index is -0.0646. The lowest BCUT2D eigenvalue weighted by Crippen LogP contribution is -2.49. The minimum absolute atomic E-state index is 0.0646. The fraction of sp³-hybridized carbons (Fsp3) is 0.923. The highest BCUT2D eigenvalue weighted by atomic mass is 79.9. The average Bonchev–Trinajstić information content (AvgIpc) is 2.19. The van der Waals surface area contributed by atoms with Gasteiger partial charge in [-0.1, -0.05) is 56.5 Å². The molecule has 0 aromatic carbocycles. The molecule has 1 saturated carbocycles. The van der Waals surface area contributed by atoms with E-state index < -0.39 is 0 Å². The van der Waals surface area contributed by atoms with Crippen LogP contribution in [0, 0.1) is 11.3 Å². The Morgan fingerprint density at radius 2 is 2.00 bits per heavy atom. The van der Waals surface area contributed by atoms with Gasteiger partial charge in [-0.05, 0) is 24.2 Å². The number of carbonyl (C=O) groups excluding carboxylic acids is 1. The summed E-state index contributed by atoms with van der Waals surface area (Å²) < 4.78 is 0. The average molecular weight is 290 g/mol. The Kier molecular flexibility index (Phi) is 4.84. The summed E-state index contributed by atoms with van der Waals surface area (Å²) in [4.78, 5) is 11.9. The maximum atomic E-state index is 12.0. The summed E-state index contributed by atoms with van der Waals surface area (Å²) in [6.45, 7) is 8.64. The highest BCUT2D eigenvalue weighted by Crippen LogP contribution is 2.35. The van der Waals surface area contributed by atoms with Crippen molar-refractivity contribution < 1.29 is 4.79 Å². The number of amides is 1. The summed E-state index contributed by atoms with van der Waals surface area (Å²) in [5.41, 5.74) is 0.248. The molecule has 0 aromatic rings. The van der Waals surface area contributed by atoms with Crippen molar-refractivity contribution in [2.45, 2.75) is 64.2 Å². The summed E-state index contributed by atoms with van der Waals surface area (Å²) in [5, 5.41) is 3.20. The summed E-state index contributed by atoms with van der Waals surface area (Å²) in [5.74, 6) is 0.488. The van der Waals surface area contributed by atoms with Crippen LogP contribution in [0.4, 0.5) is 0 Å². The first-order valence-electron chi connectivity index (χ1n) is 6.29. The largest absolute Gasteiger partial charge is 0.352 e. The molecule has 3 heteroatoms. The Balaban J connectivity index is 2.55. The van der Waals surface area contributed by atoms with Crippen molar-refractivity contribution in [3.63, 3.8) is 0 Å². The first kappa shape index (κ1) is 14.0. The van der Waals surface area contributed by atoms with Crippen LogP contribution in [0.5, 0.6) is 0 Å². The molecule has 1 fully saturated rings. The summed E-state index contributed by atoms with van der Waals surface area (Å²) in [6.07, 6.45) is 4.87. The number of alkyl halides is 1. The van der Waals surface area contributed by atoms with Crippen molar-refractivity contribution in [3.8, 4) is 0 Å². The van der Waals surface area contributed by atoms with E-state index in [0.29, 0.717) is 12.0 Å². The van der Waals surface area contributed by atoms with Gasteiger partial charge in [-0.15, -0.1) is 0 Å². The van der Waals surface area contributed by atoms with Crippen molar-refractivity contribution in [3.05, 3.63) is 0 Å². The zero-order valence-corrected chi connectivity index (χ0v) is 12.4. The molecular weight excluding hydrogens is 266 g/mol. The Morgan fingerprint density at radius 1 is 1.38 bits per heavy atom. The van der Waals surface area contributed by atoms with Gasteiger partial charge < -0.3 is 5.32 Å². The molecule has 2 unspecified atom stereocenters. The van der Waals surface area contributed by atoms with E-state index >= 15 is 0 Å². The van der Waals surface area contributed by atoms with Crippen molar-refractivity contribution in [1.82, 2.24) is 5.32 Å². The van der Waals surface area contributed by atoms with Gasteiger partial charge in [-0.2, -0.15) is 0 Å². The topological polar surface area (TPSA) is 29.1 Å². The highest BCUT2D eigenvalue weighted by molar-refractivity contribution is 9.10. The Bertz CT molecular complexity index is 250. The Hall–Kier alpha value is -0.0500. The number of hydrogen-bond acceptors (Lipinski definition) is 1. The molecule has 1 rings (SSSR count). The van der Waals surface area contributed by atoms with Crippen LogP contribution in [0.15, 0.2) is 0 Å². The number of carbonyl (C=O) groups is 1. The zero-order valence-electron chi connectivity index (χ0n) is 10.8. The third-order valence-electron chi connectivity index (χ3n) is 3.66. The van der Waals surface area contributed by atoms with E-state index in [1.165, 1.54) is 19.3 Å². The molecule has 0 saturated heterocycles. The molecule has 16 heavy (non-hydrogen) atoms. The number of nitrogens with one attached hydrogen (secondary N) is 1. The molecule has 1 amide bonds. The monoisotopic (exact) mass is 289 g/mol. The Morgan fingerprint density at radius 3 is 2.50 bits per heavy atom. The SMILES string of the molecule is CC(C)C(Br)C(=O)NC1CCCCC1(C)C. The molecule has 1 aliphatic rings. The van der Waals surface area contributed by atoms with Gasteiger partial charge in [0.05, 0.1) is 4.83 Å². The zero-order chi connectivity index (χ0) is 12.3. The number of halogens is 1. The summed E-state index contributed by atoms with van der Waals surface area (Å²) in [7, 11) is 0. The van der Waals surface area contributed by atoms with Crippen LogP contribution in [-0.4, -0.2) is 16.8 Å². The number of hydrogen-bond donors (Lipinski definition) is 1. The smallest absolute Gasteiger partial charge is 0.234 e. The lowest BCUT2D eigenvalue weighted by molar-refractivity contribution is -0.123. The molecule has 0 aromatic heterocycles. The van der Waals surface area contributed by atoms with Crippen LogP contribution in [0.1, 0.15) is 53.4 Å². The van der Waals surface area contributed by atoms with Crippen LogP contribution in [0.2, 0.25) is 0 Å². The predicted octanol–water partition coefficient (Wildman–Crippen LogP) is 3.49. The molecule has 0 aliphatic heterocycles. The van der Waals surface area contributed by atoms with Crippen molar-refractivity contribution in [2.75, 3.05) is 0 Å². The second-order valence-corrected chi connectivity index (χ2v) is 6.93. The normalized spacial score (nSPS) is 26.5. The standard InChI is InChI=1S/C13H24BrNO/c1-9(2)11(14)12(16)15-10-7-5-6-8-13(10,3)4/h9-11H,5-8H2,1-4H3,(H,15,16). The van der Waals surface area contributed by atoms with E-state index in [0.717, 1.165) is 6.42 Å². The van der Waals surface area contributed by atoms with Crippen molar-refractivity contribution >= 4 is 21.8 Å². The highest BCUT2D eigenvalue weighted by Gasteiger charge is 2.34. The van der Waals surface area contributed by atoms with Gasteiger partial charge in [0.25, 0.3) is 0 Å². The van der Waals surface area contributed by atoms with Crippen LogP contribution in [0.25, 0.3) is 0 Å². The van der Waals surface area contributed by atoms with E-state index in [2.05, 4.69) is 48.9 Å². The van der Waals surface area contributed by atoms with Gasteiger partial charge in [0.2, 0.25) is 5.91 Å². The molecule has 1 aliphatic carbocycles. The van der Waals surface area contributed by atoms with E-state index in [1.54, 1.807) is 0 Å². The molecule has 1 N–H and O–H groups in total. The Labute approximate surface area is 108 Å². The molecule has 2 atom stereocenters. The van der Waals surface area contributed by atoms with Crippen LogP contribution < -0.4 is 5.32 Å². The van der Waals surface area contributed by atoms with Crippen LogP contribution in [-0.2, 0) is 4.79 Å². The maximum Gasteiger partial charge on any atom is 0.234 e. The third kappa shape index (κ3) is 3.47. The van der Waals surface area contributed by atoms with Gasteiger partial charge in [-0.3, -0.25) is 4.79 Å². The fourth-order valence-electron chi connectivity index (χ4n) is 2.32. The van der Waals surface area contributed by atoms with E-state index in [1.807, 2.05) is 0 Å². The van der Waals surface area contributed by atoms with E-state index in [9.17, 15) is 4.79 Å². The second-order valence-electron chi connectivity index (χ2n) is 5.94. The van der Waals surface area contributed by atoms with Crippen molar-refractivity contribution in [2.24, 2.45) is 11.3 Å². The van der Waals surface area contributed by atoms with Gasteiger partial charge in [0.15, 0.2) is 0 Å². The number of rotatable bonds is 3. The lowest BCUT2D eigenvalue weighted by Gasteiger charge is -2.39. The summed E-state index contributed by atoms with van der Waals surface area (Å²) >= 11 is 3.46. The van der Waals surface area contributed by atoms with Crippen LogP contribution in [0.3, 0.4) is 0 Å². The first-order chi connectivity index (χ1) is 7.34. The van der Waals surface area contributed by atoms with Gasteiger partial charge in [0.1, 0.15) is 0 Å². The second kappa shape index (κ2) is 5.52. The lowest BCUT2D eigenvalue weighted by atomic mass is 9.73. The first-order valence-corrected chi connectivity index (χ1v) is 7.20. The molecule has 0 radical (unpaired) electrons. The fourth-order valence-corrected chi connectivity index (χ4v) is 2.45. The predicted molar refractivity (Wildman–Crippen MR) is 71.7 cm³/mol. The maximum absolute atomic E-state index is 12.0. The van der Waals surface area contributed by atoms with Crippen LogP contribution >= 0.6 is 15.9 Å². The molecule has 0 bridgehead atoms. The third-order valence-corrected chi connectivity index (χ3v) is 5.13. The van der Waals surface area contributed by atoms with Gasteiger partial charge in [0, 0.05) is 6.04 Å². The van der Waals surface area contributed by atoms with Gasteiger partial charge in [-0.25, -0.2) is 0 Å². The van der Waals surface area contributed by atoms with Crippen molar-refractivity contribution in [1.29, 1.82) is 0 Å². The van der Waals surface area contributed by atoms with E-state index in [-0.39, 0.29) is 16.1 Å². The molecule has 94 valence electrons. The van der Waals surface area contributed by atoms with E-state index in [4.69, 9.17) is 0 Å². The summed E-state index contributed by atoms with van der Waals surface area (Å²) in [6, 6.07) is 0.340. The molecular formula is C13H24BrNO. The van der Waals surface area contributed by atoms with Gasteiger partial charge >= 0.3 is 0 Å². The quantitative estimate of drug-likeness (QED) is 0.792. The molecule has 2 nitrogen and oxygen atoms in total. The molecule has 0 heterocycles. The minimum Gasteiger partial charge on any atom is -0.352 e. The molecule has 0 spiro atoms.